The lowest BCUT2D eigenvalue weighted by molar-refractivity contribution is 0.100. The third-order valence-electron chi connectivity index (χ3n) is 4.43. The quantitative estimate of drug-likeness (QED) is 0.866. The van der Waals surface area contributed by atoms with Gasteiger partial charge in [0.15, 0.2) is 0 Å². The fourth-order valence-electron chi connectivity index (χ4n) is 3.16. The zero-order valence-corrected chi connectivity index (χ0v) is 14.1. The summed E-state index contributed by atoms with van der Waals surface area (Å²) >= 11 is 0. The molecule has 1 aliphatic heterocycles. The number of aromatic amines is 1. The van der Waals surface area contributed by atoms with E-state index in [1.807, 2.05) is 6.92 Å². The fourth-order valence-corrected chi connectivity index (χ4v) is 4.89. The SMILES string of the molecule is CC1CCCCN1S(=O)(=O)c1ccc2[nH]c(=O)cc(C(N)=O)c2c1. The van der Waals surface area contributed by atoms with Crippen LogP contribution in [-0.2, 0) is 10.0 Å². The minimum Gasteiger partial charge on any atom is -0.366 e. The Bertz CT molecular complexity index is 965. The highest BCUT2D eigenvalue weighted by atomic mass is 32.2. The summed E-state index contributed by atoms with van der Waals surface area (Å²) in [5.74, 6) is -0.771. The van der Waals surface area contributed by atoms with Crippen molar-refractivity contribution >= 4 is 26.8 Å². The van der Waals surface area contributed by atoms with Crippen LogP contribution in [0.4, 0.5) is 0 Å². The maximum Gasteiger partial charge on any atom is 0.249 e. The predicted molar refractivity (Wildman–Crippen MR) is 90.3 cm³/mol. The molecule has 128 valence electrons. The molecule has 3 N–H and O–H groups in total. The lowest BCUT2D eigenvalue weighted by Gasteiger charge is -2.32. The molecule has 1 fully saturated rings. The molecule has 2 heterocycles. The average molecular weight is 349 g/mol. The number of H-pyrrole nitrogens is 1. The molecule has 1 unspecified atom stereocenters. The summed E-state index contributed by atoms with van der Waals surface area (Å²) in [5, 5.41) is 0.327. The van der Waals surface area contributed by atoms with Crippen LogP contribution in [-0.4, -0.2) is 36.2 Å². The molecule has 0 radical (unpaired) electrons. The molecule has 0 spiro atoms. The van der Waals surface area contributed by atoms with Gasteiger partial charge < -0.3 is 10.7 Å². The molecule has 1 aromatic heterocycles. The highest BCUT2D eigenvalue weighted by molar-refractivity contribution is 7.89. The maximum atomic E-state index is 12.9. The first-order valence-electron chi connectivity index (χ1n) is 7.79. The number of sulfonamides is 1. The van der Waals surface area contributed by atoms with Crippen LogP contribution in [0.25, 0.3) is 10.9 Å². The Morgan fingerprint density at radius 2 is 2.04 bits per heavy atom. The number of carbonyl (C=O) groups is 1. The van der Waals surface area contributed by atoms with Crippen molar-refractivity contribution < 1.29 is 13.2 Å². The highest BCUT2D eigenvalue weighted by Gasteiger charge is 2.31. The molecule has 7 nitrogen and oxygen atoms in total. The number of fused-ring (bicyclic) bond motifs is 1. The van der Waals surface area contributed by atoms with Gasteiger partial charge in [-0.25, -0.2) is 8.42 Å². The van der Waals surface area contributed by atoms with Gasteiger partial charge in [-0.15, -0.1) is 0 Å². The van der Waals surface area contributed by atoms with E-state index in [1.54, 1.807) is 0 Å². The van der Waals surface area contributed by atoms with Crippen molar-refractivity contribution in [1.29, 1.82) is 0 Å². The number of primary amides is 1. The molecule has 2 aromatic rings. The van der Waals surface area contributed by atoms with Crippen molar-refractivity contribution in [2.24, 2.45) is 5.73 Å². The molecule has 24 heavy (non-hydrogen) atoms. The van der Waals surface area contributed by atoms with Crippen LogP contribution in [0.15, 0.2) is 34.0 Å². The summed E-state index contributed by atoms with van der Waals surface area (Å²) in [5.41, 5.74) is 5.25. The number of nitrogens with two attached hydrogens (primary N) is 1. The Labute approximate surface area is 139 Å². The number of benzene rings is 1. The molecule has 0 aliphatic carbocycles. The van der Waals surface area contributed by atoms with Gasteiger partial charge in [0.2, 0.25) is 21.5 Å². The number of rotatable bonds is 3. The highest BCUT2D eigenvalue weighted by Crippen LogP contribution is 2.27. The largest absolute Gasteiger partial charge is 0.366 e. The normalized spacial score (nSPS) is 19.5. The first-order chi connectivity index (χ1) is 11.3. The van der Waals surface area contributed by atoms with E-state index >= 15 is 0 Å². The molecule has 0 saturated carbocycles. The number of aromatic nitrogens is 1. The predicted octanol–water partition coefficient (Wildman–Crippen LogP) is 1.19. The molecule has 1 aliphatic rings. The van der Waals surface area contributed by atoms with E-state index in [2.05, 4.69) is 4.98 Å². The number of piperidine rings is 1. The lowest BCUT2D eigenvalue weighted by Crippen LogP contribution is -2.41. The Kier molecular flexibility index (Phi) is 4.18. The minimum atomic E-state index is -3.67. The zero-order valence-electron chi connectivity index (χ0n) is 13.3. The fraction of sp³-hybridized carbons (Fsp3) is 0.375. The number of hydrogen-bond acceptors (Lipinski definition) is 4. The van der Waals surface area contributed by atoms with Gasteiger partial charge in [-0.1, -0.05) is 6.42 Å². The summed E-state index contributed by atoms with van der Waals surface area (Å²) in [7, 11) is -3.67. The van der Waals surface area contributed by atoms with Crippen LogP contribution in [0.5, 0.6) is 0 Å². The Hall–Kier alpha value is -2.19. The molecule has 1 saturated heterocycles. The number of carbonyl (C=O) groups excluding carboxylic acids is 1. The van der Waals surface area contributed by atoms with Crippen LogP contribution >= 0.6 is 0 Å². The monoisotopic (exact) mass is 349 g/mol. The molecule has 0 bridgehead atoms. The third-order valence-corrected chi connectivity index (χ3v) is 6.44. The lowest BCUT2D eigenvalue weighted by atomic mass is 10.1. The summed E-state index contributed by atoms with van der Waals surface area (Å²) < 4.78 is 27.3. The third kappa shape index (κ3) is 2.83. The van der Waals surface area contributed by atoms with Crippen molar-refractivity contribution in [1.82, 2.24) is 9.29 Å². The van der Waals surface area contributed by atoms with Crippen molar-refractivity contribution in [2.45, 2.75) is 37.1 Å². The van der Waals surface area contributed by atoms with Gasteiger partial charge in [0.1, 0.15) is 0 Å². The summed E-state index contributed by atoms with van der Waals surface area (Å²) in [6, 6.07) is 5.36. The van der Waals surface area contributed by atoms with Crippen LogP contribution in [0.3, 0.4) is 0 Å². The standard InChI is InChI=1S/C16H19N3O4S/c1-10-4-2-3-7-19(10)24(22,23)11-5-6-14-12(8-11)13(16(17)21)9-15(20)18-14/h5-6,8-10H,2-4,7H2,1H3,(H2,17,21)(H,18,20). The number of nitrogens with zero attached hydrogens (tertiary/aromatic N) is 1. The van der Waals surface area contributed by atoms with Crippen LogP contribution in [0, 0.1) is 0 Å². The molecule has 1 atom stereocenters. The summed E-state index contributed by atoms with van der Waals surface area (Å²) in [6.07, 6.45) is 2.67. The second-order valence-electron chi connectivity index (χ2n) is 6.08. The maximum absolute atomic E-state index is 12.9. The van der Waals surface area contributed by atoms with E-state index in [9.17, 15) is 18.0 Å². The first kappa shape index (κ1) is 16.7. The van der Waals surface area contributed by atoms with Gasteiger partial charge in [0, 0.05) is 29.6 Å². The molecule has 8 heteroatoms. The van der Waals surface area contributed by atoms with Crippen molar-refractivity contribution in [3.05, 3.63) is 40.2 Å². The van der Waals surface area contributed by atoms with Crippen LogP contribution < -0.4 is 11.3 Å². The number of amides is 1. The first-order valence-corrected chi connectivity index (χ1v) is 9.23. The molecular weight excluding hydrogens is 330 g/mol. The second kappa shape index (κ2) is 6.03. The smallest absolute Gasteiger partial charge is 0.249 e. The van der Waals surface area contributed by atoms with Gasteiger partial charge in [0.25, 0.3) is 0 Å². The zero-order chi connectivity index (χ0) is 17.5. The van der Waals surface area contributed by atoms with E-state index in [4.69, 9.17) is 5.73 Å². The Morgan fingerprint density at radius 3 is 2.71 bits per heavy atom. The number of nitrogens with one attached hydrogen (secondary N) is 1. The number of hydrogen-bond donors (Lipinski definition) is 2. The van der Waals surface area contributed by atoms with E-state index in [0.29, 0.717) is 17.4 Å². The summed E-state index contributed by atoms with van der Waals surface area (Å²) in [4.78, 5) is 25.9. The van der Waals surface area contributed by atoms with Gasteiger partial charge in [-0.2, -0.15) is 4.31 Å². The molecular formula is C16H19N3O4S. The summed E-state index contributed by atoms with van der Waals surface area (Å²) in [6.45, 7) is 2.37. The molecule has 1 aromatic carbocycles. The Morgan fingerprint density at radius 1 is 1.29 bits per heavy atom. The van der Waals surface area contributed by atoms with E-state index in [-0.39, 0.29) is 16.5 Å². The van der Waals surface area contributed by atoms with E-state index < -0.39 is 21.5 Å². The topological polar surface area (TPSA) is 113 Å². The van der Waals surface area contributed by atoms with E-state index in [0.717, 1.165) is 25.3 Å². The van der Waals surface area contributed by atoms with Gasteiger partial charge in [-0.3, -0.25) is 9.59 Å². The molecule has 1 amide bonds. The Balaban J connectivity index is 2.17. The van der Waals surface area contributed by atoms with Crippen molar-refractivity contribution in [2.75, 3.05) is 6.54 Å². The minimum absolute atomic E-state index is 0.0116. The van der Waals surface area contributed by atoms with E-state index in [1.165, 1.54) is 22.5 Å². The van der Waals surface area contributed by atoms with Gasteiger partial charge in [0.05, 0.1) is 10.5 Å². The molecule has 3 rings (SSSR count). The van der Waals surface area contributed by atoms with Crippen LogP contribution in [0.1, 0.15) is 36.5 Å². The van der Waals surface area contributed by atoms with Gasteiger partial charge >= 0.3 is 0 Å². The average Bonchev–Trinajstić information content (AvgIpc) is 2.53. The van der Waals surface area contributed by atoms with Crippen molar-refractivity contribution in [3.63, 3.8) is 0 Å². The second-order valence-corrected chi connectivity index (χ2v) is 7.97. The van der Waals surface area contributed by atoms with Gasteiger partial charge in [-0.05, 0) is 38.0 Å². The number of pyridine rings is 1. The van der Waals surface area contributed by atoms with Crippen LogP contribution in [0.2, 0.25) is 0 Å². The van der Waals surface area contributed by atoms with Crippen molar-refractivity contribution in [3.8, 4) is 0 Å².